The fourth-order valence-electron chi connectivity index (χ4n) is 2.38. The molecule has 3 nitrogen and oxygen atoms in total. The number of nitrogens with one attached hydrogen (secondary N) is 1. The van der Waals surface area contributed by atoms with E-state index in [4.69, 9.17) is 23.2 Å². The van der Waals surface area contributed by atoms with Crippen LogP contribution >= 0.6 is 23.2 Å². The van der Waals surface area contributed by atoms with Crippen molar-refractivity contribution in [3.63, 3.8) is 0 Å². The molecule has 1 amide bonds. The lowest BCUT2D eigenvalue weighted by Crippen LogP contribution is -2.38. The number of hydrogen-bond donors (Lipinski definition) is 1. The fourth-order valence-corrected chi connectivity index (χ4v) is 2.76. The lowest BCUT2D eigenvalue weighted by Gasteiger charge is -2.27. The maximum Gasteiger partial charge on any atom is 0.225 e. The predicted octanol–water partition coefficient (Wildman–Crippen LogP) is 2.95. The standard InChI is InChI=1S/C14H18Cl2N2O/c1-18(14(19)10-5-7-17-8-6-10)9-11-3-2-4-12(15)13(11)16/h2-4,10,17H,5-9H2,1H3. The molecule has 1 aliphatic heterocycles. The Labute approximate surface area is 123 Å². The second-order valence-electron chi connectivity index (χ2n) is 4.93. The van der Waals surface area contributed by atoms with E-state index in [1.54, 1.807) is 11.0 Å². The Hall–Kier alpha value is -0.770. The first-order valence-corrected chi connectivity index (χ1v) is 7.23. The number of rotatable bonds is 3. The number of carbonyl (C=O) groups excluding carboxylic acids is 1. The molecule has 1 N–H and O–H groups in total. The molecule has 1 aromatic rings. The summed E-state index contributed by atoms with van der Waals surface area (Å²) in [5.41, 5.74) is 0.888. The van der Waals surface area contributed by atoms with E-state index < -0.39 is 0 Å². The zero-order valence-electron chi connectivity index (χ0n) is 11.0. The molecule has 1 saturated heterocycles. The van der Waals surface area contributed by atoms with Gasteiger partial charge in [0.2, 0.25) is 5.91 Å². The van der Waals surface area contributed by atoms with Crippen LogP contribution in [0.4, 0.5) is 0 Å². The molecule has 2 rings (SSSR count). The zero-order chi connectivity index (χ0) is 13.8. The highest BCUT2D eigenvalue weighted by atomic mass is 35.5. The van der Waals surface area contributed by atoms with Crippen molar-refractivity contribution in [2.45, 2.75) is 19.4 Å². The summed E-state index contributed by atoms with van der Waals surface area (Å²) in [5.74, 6) is 0.321. The van der Waals surface area contributed by atoms with Gasteiger partial charge in [0.1, 0.15) is 0 Å². The average Bonchev–Trinajstić information content (AvgIpc) is 2.44. The van der Waals surface area contributed by atoms with Crippen molar-refractivity contribution < 1.29 is 4.79 Å². The van der Waals surface area contributed by atoms with E-state index >= 15 is 0 Å². The second kappa shape index (κ2) is 6.60. The highest BCUT2D eigenvalue weighted by molar-refractivity contribution is 6.42. The van der Waals surface area contributed by atoms with E-state index in [1.807, 2.05) is 19.2 Å². The number of halogens is 2. The summed E-state index contributed by atoms with van der Waals surface area (Å²) in [6, 6.07) is 5.51. The molecule has 1 aromatic carbocycles. The first-order chi connectivity index (χ1) is 9.09. The van der Waals surface area contributed by atoms with E-state index in [0.29, 0.717) is 16.6 Å². The summed E-state index contributed by atoms with van der Waals surface area (Å²) < 4.78 is 0. The van der Waals surface area contributed by atoms with Crippen LogP contribution in [0.3, 0.4) is 0 Å². The van der Waals surface area contributed by atoms with Gasteiger partial charge in [0.15, 0.2) is 0 Å². The van der Waals surface area contributed by atoms with Crippen LogP contribution in [0.5, 0.6) is 0 Å². The van der Waals surface area contributed by atoms with Gasteiger partial charge in [-0.25, -0.2) is 0 Å². The van der Waals surface area contributed by atoms with Gasteiger partial charge in [-0.2, -0.15) is 0 Å². The number of nitrogens with zero attached hydrogens (tertiary/aromatic N) is 1. The molecule has 0 saturated carbocycles. The van der Waals surface area contributed by atoms with Gasteiger partial charge in [0.25, 0.3) is 0 Å². The lowest BCUT2D eigenvalue weighted by molar-refractivity contribution is -0.135. The minimum absolute atomic E-state index is 0.129. The van der Waals surface area contributed by atoms with E-state index in [1.165, 1.54) is 0 Å². The first-order valence-electron chi connectivity index (χ1n) is 6.48. The third-order valence-electron chi connectivity index (χ3n) is 3.50. The van der Waals surface area contributed by atoms with Gasteiger partial charge >= 0.3 is 0 Å². The Bertz CT molecular complexity index is 459. The maximum atomic E-state index is 12.3. The summed E-state index contributed by atoms with van der Waals surface area (Å²) in [5, 5.41) is 4.33. The molecule has 0 radical (unpaired) electrons. The quantitative estimate of drug-likeness (QED) is 0.931. The van der Waals surface area contributed by atoms with Crippen LogP contribution in [-0.2, 0) is 11.3 Å². The lowest BCUT2D eigenvalue weighted by atomic mass is 9.96. The molecule has 0 aliphatic carbocycles. The highest BCUT2D eigenvalue weighted by Gasteiger charge is 2.24. The summed E-state index contributed by atoms with van der Waals surface area (Å²) in [6.07, 6.45) is 1.82. The number of amides is 1. The molecule has 1 fully saturated rings. The molecule has 1 heterocycles. The van der Waals surface area contributed by atoms with Crippen LogP contribution < -0.4 is 5.32 Å². The molecule has 0 atom stereocenters. The van der Waals surface area contributed by atoms with Crippen molar-refractivity contribution >= 4 is 29.1 Å². The van der Waals surface area contributed by atoms with Gasteiger partial charge in [-0.05, 0) is 37.6 Å². The number of benzene rings is 1. The Kier molecular flexibility index (Phi) is 5.08. The van der Waals surface area contributed by atoms with Gasteiger partial charge in [-0.1, -0.05) is 35.3 Å². The molecular weight excluding hydrogens is 283 g/mol. The molecule has 1 aliphatic rings. The highest BCUT2D eigenvalue weighted by Crippen LogP contribution is 2.27. The van der Waals surface area contributed by atoms with Crippen LogP contribution in [-0.4, -0.2) is 30.9 Å². The van der Waals surface area contributed by atoms with Gasteiger partial charge in [0, 0.05) is 19.5 Å². The molecule has 0 unspecified atom stereocenters. The summed E-state index contributed by atoms with van der Waals surface area (Å²) in [7, 11) is 1.82. The van der Waals surface area contributed by atoms with Crippen LogP contribution in [0.1, 0.15) is 18.4 Å². The van der Waals surface area contributed by atoms with Gasteiger partial charge in [-0.3, -0.25) is 4.79 Å². The molecule has 5 heteroatoms. The Balaban J connectivity index is 2.01. The second-order valence-corrected chi connectivity index (χ2v) is 5.72. The van der Waals surface area contributed by atoms with Gasteiger partial charge in [0.05, 0.1) is 10.0 Å². The van der Waals surface area contributed by atoms with E-state index in [9.17, 15) is 4.79 Å². The van der Waals surface area contributed by atoms with Crippen LogP contribution in [0.25, 0.3) is 0 Å². The van der Waals surface area contributed by atoms with E-state index in [0.717, 1.165) is 31.5 Å². The van der Waals surface area contributed by atoms with Gasteiger partial charge < -0.3 is 10.2 Å². The van der Waals surface area contributed by atoms with Crippen molar-refractivity contribution in [2.75, 3.05) is 20.1 Å². The van der Waals surface area contributed by atoms with Gasteiger partial charge in [-0.15, -0.1) is 0 Å². The maximum absolute atomic E-state index is 12.3. The molecule has 0 spiro atoms. The summed E-state index contributed by atoms with van der Waals surface area (Å²) >= 11 is 12.1. The van der Waals surface area contributed by atoms with Crippen LogP contribution in [0, 0.1) is 5.92 Å². The van der Waals surface area contributed by atoms with Crippen molar-refractivity contribution in [1.29, 1.82) is 0 Å². The fraction of sp³-hybridized carbons (Fsp3) is 0.500. The smallest absolute Gasteiger partial charge is 0.225 e. The Morgan fingerprint density at radius 2 is 2.05 bits per heavy atom. The number of piperidine rings is 1. The molecule has 0 aromatic heterocycles. The number of hydrogen-bond acceptors (Lipinski definition) is 2. The third kappa shape index (κ3) is 3.62. The predicted molar refractivity (Wildman–Crippen MR) is 78.5 cm³/mol. The Morgan fingerprint density at radius 3 is 2.74 bits per heavy atom. The minimum Gasteiger partial charge on any atom is -0.341 e. The van der Waals surface area contributed by atoms with E-state index in [2.05, 4.69) is 5.32 Å². The Morgan fingerprint density at radius 1 is 1.37 bits per heavy atom. The SMILES string of the molecule is CN(Cc1cccc(Cl)c1Cl)C(=O)C1CCNCC1. The molecule has 0 bridgehead atoms. The molecular formula is C14H18Cl2N2O. The minimum atomic E-state index is 0.129. The average molecular weight is 301 g/mol. The molecule has 104 valence electrons. The van der Waals surface area contributed by atoms with Crippen molar-refractivity contribution in [3.8, 4) is 0 Å². The molecule has 19 heavy (non-hydrogen) atoms. The third-order valence-corrected chi connectivity index (χ3v) is 4.36. The largest absolute Gasteiger partial charge is 0.341 e. The topological polar surface area (TPSA) is 32.3 Å². The van der Waals surface area contributed by atoms with Crippen LogP contribution in [0.2, 0.25) is 10.0 Å². The monoisotopic (exact) mass is 300 g/mol. The van der Waals surface area contributed by atoms with E-state index in [-0.39, 0.29) is 11.8 Å². The van der Waals surface area contributed by atoms with Crippen molar-refractivity contribution in [3.05, 3.63) is 33.8 Å². The van der Waals surface area contributed by atoms with Crippen molar-refractivity contribution in [1.82, 2.24) is 10.2 Å². The normalized spacial score (nSPS) is 16.4. The van der Waals surface area contributed by atoms with Crippen LogP contribution in [0.15, 0.2) is 18.2 Å². The summed E-state index contributed by atoms with van der Waals surface area (Å²) in [4.78, 5) is 14.1. The first kappa shape index (κ1) is 14.6. The zero-order valence-corrected chi connectivity index (χ0v) is 12.5. The van der Waals surface area contributed by atoms with Crippen molar-refractivity contribution in [2.24, 2.45) is 5.92 Å². The number of carbonyl (C=O) groups is 1. The summed E-state index contributed by atoms with van der Waals surface area (Å²) in [6.45, 7) is 2.34.